The van der Waals surface area contributed by atoms with Crippen LogP contribution in [0.15, 0.2) is 29.2 Å². The van der Waals surface area contributed by atoms with Crippen LogP contribution in [0.2, 0.25) is 0 Å². The third-order valence-electron chi connectivity index (χ3n) is 2.90. The molecular formula is C13H17N3O2S2. The summed E-state index contributed by atoms with van der Waals surface area (Å²) in [6.07, 6.45) is 1.15. The van der Waals surface area contributed by atoms with E-state index in [1.165, 1.54) is 0 Å². The maximum atomic E-state index is 11.9. The number of hydrogen-bond donors (Lipinski definition) is 1. The molecule has 1 aromatic heterocycles. The molecule has 0 aliphatic heterocycles. The van der Waals surface area contributed by atoms with Crippen LogP contribution >= 0.6 is 11.5 Å². The molecule has 0 saturated carbocycles. The highest BCUT2D eigenvalue weighted by Crippen LogP contribution is 2.38. The van der Waals surface area contributed by atoms with Crippen LogP contribution in [-0.4, -0.2) is 25.6 Å². The summed E-state index contributed by atoms with van der Waals surface area (Å²) in [4.78, 5) is 2.03. The lowest BCUT2D eigenvalue weighted by Gasteiger charge is -2.22. The Hall–Kier alpha value is -1.60. The lowest BCUT2D eigenvalue weighted by atomic mass is 10.2. The van der Waals surface area contributed by atoms with Crippen LogP contribution in [0.25, 0.3) is 0 Å². The number of nitrogens with two attached hydrogens (primary N) is 1. The standard InChI is InChI=1S/C13H17N3O2S2/c1-4-16(10-7-5-6-9(2)8-10)13-11(20(3,17)18)12(14)15-19-13/h5-8H,4H2,1-3H3,(H2,14,15). The smallest absolute Gasteiger partial charge is 0.182 e. The predicted octanol–water partition coefficient (Wildman–Crippen LogP) is 2.60. The minimum absolute atomic E-state index is 0.0682. The summed E-state index contributed by atoms with van der Waals surface area (Å²) in [5, 5.41) is 0.568. The summed E-state index contributed by atoms with van der Waals surface area (Å²) in [5.41, 5.74) is 7.76. The Morgan fingerprint density at radius 2 is 2.10 bits per heavy atom. The molecule has 7 heteroatoms. The van der Waals surface area contributed by atoms with Gasteiger partial charge in [0.25, 0.3) is 0 Å². The molecule has 108 valence electrons. The van der Waals surface area contributed by atoms with Crippen LogP contribution in [-0.2, 0) is 9.84 Å². The molecule has 0 radical (unpaired) electrons. The third kappa shape index (κ3) is 2.78. The molecule has 2 rings (SSSR count). The average Bonchev–Trinajstić information content (AvgIpc) is 2.72. The molecule has 1 heterocycles. The van der Waals surface area contributed by atoms with Gasteiger partial charge in [-0.05, 0) is 43.1 Å². The molecular weight excluding hydrogens is 294 g/mol. The van der Waals surface area contributed by atoms with E-state index in [2.05, 4.69) is 4.37 Å². The van der Waals surface area contributed by atoms with E-state index in [9.17, 15) is 8.42 Å². The minimum atomic E-state index is -3.41. The highest BCUT2D eigenvalue weighted by atomic mass is 32.2. The monoisotopic (exact) mass is 311 g/mol. The maximum Gasteiger partial charge on any atom is 0.182 e. The van der Waals surface area contributed by atoms with Crippen LogP contribution in [0.1, 0.15) is 12.5 Å². The number of nitrogens with zero attached hydrogens (tertiary/aromatic N) is 2. The van der Waals surface area contributed by atoms with Crippen LogP contribution < -0.4 is 10.6 Å². The van der Waals surface area contributed by atoms with Crippen molar-refractivity contribution >= 4 is 37.9 Å². The summed E-state index contributed by atoms with van der Waals surface area (Å²) in [6, 6.07) is 7.89. The summed E-state index contributed by atoms with van der Waals surface area (Å²) in [7, 11) is -3.41. The van der Waals surface area contributed by atoms with E-state index < -0.39 is 9.84 Å². The number of sulfone groups is 1. The molecule has 0 bridgehead atoms. The third-order valence-corrected chi connectivity index (χ3v) is 5.06. The fourth-order valence-corrected chi connectivity index (χ4v) is 4.32. The van der Waals surface area contributed by atoms with Crippen molar-refractivity contribution in [3.8, 4) is 0 Å². The zero-order valence-electron chi connectivity index (χ0n) is 11.6. The topological polar surface area (TPSA) is 76.3 Å². The van der Waals surface area contributed by atoms with Gasteiger partial charge in [-0.1, -0.05) is 12.1 Å². The van der Waals surface area contributed by atoms with E-state index in [1.807, 2.05) is 43.0 Å². The van der Waals surface area contributed by atoms with Gasteiger partial charge in [-0.15, -0.1) is 0 Å². The average molecular weight is 311 g/mol. The zero-order valence-corrected chi connectivity index (χ0v) is 13.3. The largest absolute Gasteiger partial charge is 0.382 e. The van der Waals surface area contributed by atoms with Crippen LogP contribution in [0.5, 0.6) is 0 Å². The second-order valence-corrected chi connectivity index (χ2v) is 7.26. The Labute approximate surface area is 123 Å². The predicted molar refractivity (Wildman–Crippen MR) is 83.5 cm³/mol. The Morgan fingerprint density at radius 1 is 1.40 bits per heavy atom. The molecule has 0 unspecified atom stereocenters. The number of rotatable bonds is 4. The van der Waals surface area contributed by atoms with Crippen molar-refractivity contribution in [1.82, 2.24) is 4.37 Å². The van der Waals surface area contributed by atoms with Crippen molar-refractivity contribution in [2.24, 2.45) is 0 Å². The van der Waals surface area contributed by atoms with Crippen molar-refractivity contribution in [1.29, 1.82) is 0 Å². The van der Waals surface area contributed by atoms with Gasteiger partial charge in [0.05, 0.1) is 0 Å². The van der Waals surface area contributed by atoms with E-state index in [0.717, 1.165) is 29.0 Å². The number of aryl methyl sites for hydroxylation is 1. The van der Waals surface area contributed by atoms with Crippen LogP contribution in [0, 0.1) is 6.92 Å². The van der Waals surface area contributed by atoms with E-state index in [-0.39, 0.29) is 10.7 Å². The maximum absolute atomic E-state index is 11.9. The normalized spacial score (nSPS) is 11.6. The summed E-state index contributed by atoms with van der Waals surface area (Å²) >= 11 is 1.11. The van der Waals surface area contributed by atoms with Crippen LogP contribution in [0.4, 0.5) is 16.5 Å². The number of hydrogen-bond acceptors (Lipinski definition) is 6. The van der Waals surface area contributed by atoms with Gasteiger partial charge in [0.1, 0.15) is 9.90 Å². The van der Waals surface area contributed by atoms with Gasteiger partial charge in [-0.3, -0.25) is 0 Å². The number of benzene rings is 1. The number of nitrogen functional groups attached to an aromatic ring is 1. The fraction of sp³-hybridized carbons (Fsp3) is 0.308. The molecule has 0 aliphatic rings. The van der Waals surface area contributed by atoms with Crippen molar-refractivity contribution < 1.29 is 8.42 Å². The summed E-state index contributed by atoms with van der Waals surface area (Å²) in [5.74, 6) is 0.0682. The molecule has 0 fully saturated rings. The zero-order chi connectivity index (χ0) is 14.9. The number of anilines is 3. The van der Waals surface area contributed by atoms with Gasteiger partial charge in [-0.2, -0.15) is 4.37 Å². The van der Waals surface area contributed by atoms with Crippen molar-refractivity contribution in [3.63, 3.8) is 0 Å². The first-order valence-electron chi connectivity index (χ1n) is 6.14. The van der Waals surface area contributed by atoms with Gasteiger partial charge in [0.15, 0.2) is 15.7 Å². The summed E-state index contributed by atoms with van der Waals surface area (Å²) in [6.45, 7) is 4.59. The highest BCUT2D eigenvalue weighted by molar-refractivity contribution is 7.91. The molecule has 2 N–H and O–H groups in total. The van der Waals surface area contributed by atoms with Crippen LogP contribution in [0.3, 0.4) is 0 Å². The Bertz CT molecular complexity index is 723. The molecule has 0 spiro atoms. The first-order valence-corrected chi connectivity index (χ1v) is 8.80. The Balaban J connectivity index is 2.60. The number of aromatic nitrogens is 1. The van der Waals surface area contributed by atoms with Gasteiger partial charge in [0.2, 0.25) is 0 Å². The molecule has 5 nitrogen and oxygen atoms in total. The molecule has 0 aliphatic carbocycles. The molecule has 2 aromatic rings. The first kappa shape index (κ1) is 14.8. The fourth-order valence-electron chi connectivity index (χ4n) is 2.04. The van der Waals surface area contributed by atoms with Gasteiger partial charge in [0, 0.05) is 18.5 Å². The molecule has 0 atom stereocenters. The summed E-state index contributed by atoms with van der Waals surface area (Å²) < 4.78 is 27.8. The molecule has 20 heavy (non-hydrogen) atoms. The van der Waals surface area contributed by atoms with Crippen molar-refractivity contribution in [2.75, 3.05) is 23.4 Å². The minimum Gasteiger partial charge on any atom is -0.382 e. The lowest BCUT2D eigenvalue weighted by Crippen LogP contribution is -2.17. The van der Waals surface area contributed by atoms with Gasteiger partial charge >= 0.3 is 0 Å². The SMILES string of the molecule is CCN(c1cccc(C)c1)c1snc(N)c1S(C)(=O)=O. The molecule has 1 aromatic carbocycles. The second kappa shape index (κ2) is 5.41. The Kier molecular flexibility index (Phi) is 4.01. The van der Waals surface area contributed by atoms with Crippen molar-refractivity contribution in [2.45, 2.75) is 18.7 Å². The Morgan fingerprint density at radius 3 is 2.65 bits per heavy atom. The van der Waals surface area contributed by atoms with E-state index in [4.69, 9.17) is 5.73 Å². The van der Waals surface area contributed by atoms with Crippen molar-refractivity contribution in [3.05, 3.63) is 29.8 Å². The van der Waals surface area contributed by atoms with E-state index in [1.54, 1.807) is 0 Å². The quantitative estimate of drug-likeness (QED) is 0.939. The highest BCUT2D eigenvalue weighted by Gasteiger charge is 2.25. The lowest BCUT2D eigenvalue weighted by molar-refractivity contribution is 0.602. The van der Waals surface area contributed by atoms with Gasteiger partial charge in [-0.25, -0.2) is 8.42 Å². The molecule has 0 amide bonds. The van der Waals surface area contributed by atoms with E-state index >= 15 is 0 Å². The first-order chi connectivity index (χ1) is 9.34. The van der Waals surface area contributed by atoms with E-state index in [0.29, 0.717) is 11.5 Å². The second-order valence-electron chi connectivity index (χ2n) is 4.56. The van der Waals surface area contributed by atoms with Gasteiger partial charge < -0.3 is 10.6 Å². The molecule has 0 saturated heterocycles.